The number of oxazole rings is 1. The van der Waals surface area contributed by atoms with Gasteiger partial charge in [0, 0.05) is 11.8 Å². The summed E-state index contributed by atoms with van der Waals surface area (Å²) in [5.41, 5.74) is 1.53. The van der Waals surface area contributed by atoms with Gasteiger partial charge in [-0.15, -0.1) is 11.3 Å². The topological polar surface area (TPSA) is 48.0 Å². The molecule has 0 unspecified atom stereocenters. The number of aryl methyl sites for hydroxylation is 2. The lowest BCUT2D eigenvalue weighted by atomic mass is 10.3. The maximum Gasteiger partial charge on any atom is 0.253 e. The van der Waals surface area contributed by atoms with Gasteiger partial charge in [-0.3, -0.25) is 4.79 Å². The van der Waals surface area contributed by atoms with E-state index in [1.54, 1.807) is 22.1 Å². The van der Waals surface area contributed by atoms with Gasteiger partial charge in [-0.2, -0.15) is 0 Å². The van der Waals surface area contributed by atoms with E-state index in [2.05, 4.69) is 4.98 Å². The van der Waals surface area contributed by atoms with Crippen molar-refractivity contribution in [1.29, 1.82) is 0 Å². The molecule has 3 aromatic heterocycles. The van der Waals surface area contributed by atoms with Gasteiger partial charge >= 0.3 is 0 Å². The second kappa shape index (κ2) is 5.09. The molecule has 0 spiro atoms. The van der Waals surface area contributed by atoms with Crippen LogP contribution < -0.4 is 5.56 Å². The first-order valence-electron chi connectivity index (χ1n) is 6.31. The molecule has 0 aromatic carbocycles. The standard InChI is InChI=1S/C15H14N2O2S/c1-10-5-3-7-17(15(10)18)9-12-11(2)19-14(16-12)13-6-4-8-20-13/h3-8H,9H2,1-2H3. The molecule has 0 fully saturated rings. The molecule has 0 saturated heterocycles. The number of hydrogen-bond donors (Lipinski definition) is 0. The Morgan fingerprint density at radius 1 is 1.30 bits per heavy atom. The van der Waals surface area contributed by atoms with Crippen LogP contribution in [0.1, 0.15) is 17.0 Å². The minimum atomic E-state index is 0.00701. The zero-order valence-electron chi connectivity index (χ0n) is 11.3. The molecule has 3 aromatic rings. The molecule has 0 atom stereocenters. The second-order valence-corrected chi connectivity index (χ2v) is 5.57. The Morgan fingerprint density at radius 2 is 2.15 bits per heavy atom. The quantitative estimate of drug-likeness (QED) is 0.742. The van der Waals surface area contributed by atoms with Crippen molar-refractivity contribution in [2.75, 3.05) is 0 Å². The molecule has 0 bridgehead atoms. The van der Waals surface area contributed by atoms with Crippen LogP contribution in [0.25, 0.3) is 10.8 Å². The van der Waals surface area contributed by atoms with E-state index in [0.717, 1.165) is 21.9 Å². The van der Waals surface area contributed by atoms with Crippen LogP contribution in [0.3, 0.4) is 0 Å². The van der Waals surface area contributed by atoms with Crippen molar-refractivity contribution >= 4 is 11.3 Å². The molecule has 3 rings (SSSR count). The summed E-state index contributed by atoms with van der Waals surface area (Å²) in [4.78, 5) is 17.5. The number of thiophene rings is 1. The molecule has 5 heteroatoms. The number of pyridine rings is 1. The third kappa shape index (κ3) is 2.32. The molecular formula is C15H14N2O2S. The number of nitrogens with zero attached hydrogens (tertiary/aromatic N) is 2. The van der Waals surface area contributed by atoms with Crippen molar-refractivity contribution in [2.45, 2.75) is 20.4 Å². The van der Waals surface area contributed by atoms with Crippen molar-refractivity contribution in [3.05, 3.63) is 63.2 Å². The maximum atomic E-state index is 12.0. The van der Waals surface area contributed by atoms with Gasteiger partial charge in [0.15, 0.2) is 0 Å². The predicted molar refractivity (Wildman–Crippen MR) is 79.1 cm³/mol. The Kier molecular flexibility index (Phi) is 3.28. The van der Waals surface area contributed by atoms with Gasteiger partial charge in [0.2, 0.25) is 5.89 Å². The Balaban J connectivity index is 1.96. The molecular weight excluding hydrogens is 272 g/mol. The van der Waals surface area contributed by atoms with Gasteiger partial charge in [0.25, 0.3) is 5.56 Å². The molecule has 0 aliphatic rings. The third-order valence-corrected chi connectivity index (χ3v) is 4.01. The van der Waals surface area contributed by atoms with Crippen molar-refractivity contribution in [3.63, 3.8) is 0 Å². The van der Waals surface area contributed by atoms with Crippen LogP contribution >= 0.6 is 11.3 Å². The van der Waals surface area contributed by atoms with Crippen molar-refractivity contribution in [3.8, 4) is 10.8 Å². The highest BCUT2D eigenvalue weighted by atomic mass is 32.1. The summed E-state index contributed by atoms with van der Waals surface area (Å²) in [7, 11) is 0. The van der Waals surface area contributed by atoms with Gasteiger partial charge < -0.3 is 8.98 Å². The zero-order valence-corrected chi connectivity index (χ0v) is 12.1. The SMILES string of the molecule is Cc1oc(-c2cccs2)nc1Cn1cccc(C)c1=O. The molecule has 0 amide bonds. The number of hydrogen-bond acceptors (Lipinski definition) is 4. The Morgan fingerprint density at radius 3 is 2.90 bits per heavy atom. The summed E-state index contributed by atoms with van der Waals surface area (Å²) in [6, 6.07) is 7.61. The molecule has 0 aliphatic carbocycles. The van der Waals surface area contributed by atoms with E-state index in [4.69, 9.17) is 4.42 Å². The van der Waals surface area contributed by atoms with Gasteiger partial charge in [-0.05, 0) is 31.4 Å². The van der Waals surface area contributed by atoms with Crippen LogP contribution in [0.5, 0.6) is 0 Å². The van der Waals surface area contributed by atoms with Crippen LogP contribution in [0.2, 0.25) is 0 Å². The second-order valence-electron chi connectivity index (χ2n) is 4.62. The lowest BCUT2D eigenvalue weighted by Gasteiger charge is -2.04. The molecule has 0 N–H and O–H groups in total. The highest BCUT2D eigenvalue weighted by Gasteiger charge is 2.13. The fourth-order valence-corrected chi connectivity index (χ4v) is 2.67. The minimum absolute atomic E-state index is 0.00701. The molecule has 20 heavy (non-hydrogen) atoms. The van der Waals surface area contributed by atoms with Crippen molar-refractivity contribution in [2.24, 2.45) is 0 Å². The number of rotatable bonds is 3. The van der Waals surface area contributed by atoms with E-state index in [9.17, 15) is 4.79 Å². The molecule has 0 saturated carbocycles. The van der Waals surface area contributed by atoms with Crippen molar-refractivity contribution in [1.82, 2.24) is 9.55 Å². The highest BCUT2D eigenvalue weighted by Crippen LogP contribution is 2.26. The lowest BCUT2D eigenvalue weighted by Crippen LogP contribution is -2.22. The largest absolute Gasteiger partial charge is 0.440 e. The summed E-state index contributed by atoms with van der Waals surface area (Å²) >= 11 is 1.59. The molecule has 0 radical (unpaired) electrons. The van der Waals surface area contributed by atoms with Crippen molar-refractivity contribution < 1.29 is 4.42 Å². The van der Waals surface area contributed by atoms with Crippen LogP contribution in [0.4, 0.5) is 0 Å². The van der Waals surface area contributed by atoms with E-state index < -0.39 is 0 Å². The summed E-state index contributed by atoms with van der Waals surface area (Å²) in [5.74, 6) is 1.37. The summed E-state index contributed by atoms with van der Waals surface area (Å²) < 4.78 is 7.34. The smallest absolute Gasteiger partial charge is 0.253 e. The summed E-state index contributed by atoms with van der Waals surface area (Å²) in [6.45, 7) is 4.12. The average Bonchev–Trinajstić information content (AvgIpc) is 3.05. The van der Waals surface area contributed by atoms with E-state index in [1.165, 1.54) is 0 Å². The first kappa shape index (κ1) is 12.9. The zero-order chi connectivity index (χ0) is 14.1. The fourth-order valence-electron chi connectivity index (χ4n) is 2.02. The Hall–Kier alpha value is -2.14. The first-order valence-corrected chi connectivity index (χ1v) is 7.19. The minimum Gasteiger partial charge on any atom is -0.440 e. The van der Waals surface area contributed by atoms with Crippen LogP contribution in [-0.4, -0.2) is 9.55 Å². The highest BCUT2D eigenvalue weighted by molar-refractivity contribution is 7.13. The molecule has 3 heterocycles. The van der Waals surface area contributed by atoms with E-state index >= 15 is 0 Å². The normalized spacial score (nSPS) is 10.9. The third-order valence-electron chi connectivity index (χ3n) is 3.16. The Bertz CT molecular complexity index is 785. The van der Waals surface area contributed by atoms with Crippen LogP contribution in [0.15, 0.2) is 45.1 Å². The van der Waals surface area contributed by atoms with E-state index in [0.29, 0.717) is 12.4 Å². The predicted octanol–water partition coefficient (Wildman–Crippen LogP) is 3.23. The fraction of sp³-hybridized carbons (Fsp3) is 0.200. The van der Waals surface area contributed by atoms with Gasteiger partial charge in [0.1, 0.15) is 11.5 Å². The van der Waals surface area contributed by atoms with Crippen LogP contribution in [-0.2, 0) is 6.54 Å². The maximum absolute atomic E-state index is 12.0. The molecule has 0 aliphatic heterocycles. The van der Waals surface area contributed by atoms with Crippen LogP contribution in [0, 0.1) is 13.8 Å². The average molecular weight is 286 g/mol. The first-order chi connectivity index (χ1) is 9.65. The van der Waals surface area contributed by atoms with E-state index in [1.807, 2.05) is 43.5 Å². The Labute approximate surface area is 120 Å². The summed E-state index contributed by atoms with van der Waals surface area (Å²) in [5, 5.41) is 1.99. The lowest BCUT2D eigenvalue weighted by molar-refractivity contribution is 0.538. The van der Waals surface area contributed by atoms with Gasteiger partial charge in [-0.1, -0.05) is 12.1 Å². The molecule has 4 nitrogen and oxygen atoms in total. The monoisotopic (exact) mass is 286 g/mol. The van der Waals surface area contributed by atoms with Gasteiger partial charge in [0.05, 0.1) is 11.4 Å². The number of aromatic nitrogens is 2. The molecule has 102 valence electrons. The van der Waals surface area contributed by atoms with E-state index in [-0.39, 0.29) is 5.56 Å². The summed E-state index contributed by atoms with van der Waals surface area (Å²) in [6.07, 6.45) is 1.77. The van der Waals surface area contributed by atoms with Gasteiger partial charge in [-0.25, -0.2) is 4.98 Å².